The normalized spacial score (nSPS) is 12.3. The Labute approximate surface area is 154 Å². The second-order valence-electron chi connectivity index (χ2n) is 5.57. The summed E-state index contributed by atoms with van der Waals surface area (Å²) in [6.07, 6.45) is 0. The fourth-order valence-electron chi connectivity index (χ4n) is 2.57. The highest BCUT2D eigenvalue weighted by Gasteiger charge is 2.29. The fraction of sp³-hybridized carbons (Fsp3) is 0.263. The van der Waals surface area contributed by atoms with Crippen LogP contribution in [0.2, 0.25) is 0 Å². The Balaban J connectivity index is 2.18. The highest BCUT2D eigenvalue weighted by molar-refractivity contribution is 8.00. The molecule has 1 amide bonds. The van der Waals surface area contributed by atoms with Crippen LogP contribution in [0.4, 0.5) is 13.2 Å². The molecule has 136 valence electrons. The molecule has 1 atom stereocenters. The first-order chi connectivity index (χ1) is 12.2. The van der Waals surface area contributed by atoms with Crippen molar-refractivity contribution in [2.45, 2.75) is 30.3 Å². The van der Waals surface area contributed by atoms with Crippen molar-refractivity contribution in [1.82, 2.24) is 4.90 Å². The number of hydrogen-bond donors (Lipinski definition) is 0. The molecule has 0 aliphatic rings. The standard InChI is InChI=1S/C19H17F3N2OS/c1-3-24(13(2)15-6-4-14(12-23)5-7-15)18(25)16-8-10-17(11-9-16)26-19(20,21)22/h4-11,13H,3H2,1-2H3. The minimum Gasteiger partial charge on any atom is -0.332 e. The number of amides is 1. The monoisotopic (exact) mass is 378 g/mol. The molecule has 3 nitrogen and oxygen atoms in total. The predicted molar refractivity (Wildman–Crippen MR) is 94.6 cm³/mol. The van der Waals surface area contributed by atoms with E-state index in [0.717, 1.165) is 5.56 Å². The van der Waals surface area contributed by atoms with Gasteiger partial charge in [0.15, 0.2) is 0 Å². The second-order valence-corrected chi connectivity index (χ2v) is 6.71. The van der Waals surface area contributed by atoms with Gasteiger partial charge in [0.2, 0.25) is 0 Å². The lowest BCUT2D eigenvalue weighted by Gasteiger charge is -2.28. The first-order valence-electron chi connectivity index (χ1n) is 7.92. The number of nitrogens with zero attached hydrogens (tertiary/aromatic N) is 2. The van der Waals surface area contributed by atoms with E-state index in [2.05, 4.69) is 0 Å². The maximum Gasteiger partial charge on any atom is 0.446 e. The Morgan fingerprint density at radius 1 is 1.15 bits per heavy atom. The van der Waals surface area contributed by atoms with Crippen LogP contribution in [0.25, 0.3) is 0 Å². The van der Waals surface area contributed by atoms with E-state index in [0.29, 0.717) is 17.7 Å². The highest BCUT2D eigenvalue weighted by Crippen LogP contribution is 2.36. The van der Waals surface area contributed by atoms with Crippen LogP contribution >= 0.6 is 11.8 Å². The van der Waals surface area contributed by atoms with Gasteiger partial charge in [-0.2, -0.15) is 18.4 Å². The lowest BCUT2D eigenvalue weighted by molar-refractivity contribution is -0.0328. The number of nitriles is 1. The van der Waals surface area contributed by atoms with Crippen LogP contribution < -0.4 is 0 Å². The summed E-state index contributed by atoms with van der Waals surface area (Å²) in [4.78, 5) is 14.4. The molecule has 0 bridgehead atoms. The minimum atomic E-state index is -4.36. The molecule has 0 spiro atoms. The zero-order valence-electron chi connectivity index (χ0n) is 14.2. The molecule has 0 heterocycles. The van der Waals surface area contributed by atoms with Crippen molar-refractivity contribution in [1.29, 1.82) is 5.26 Å². The maximum atomic E-state index is 12.8. The van der Waals surface area contributed by atoms with Crippen LogP contribution in [0, 0.1) is 11.3 Å². The molecule has 0 aliphatic heterocycles. The number of halogens is 3. The molecule has 0 saturated carbocycles. The van der Waals surface area contributed by atoms with Crippen molar-refractivity contribution in [2.24, 2.45) is 0 Å². The van der Waals surface area contributed by atoms with E-state index >= 15 is 0 Å². The SMILES string of the molecule is CCN(C(=O)c1ccc(SC(F)(F)F)cc1)C(C)c1ccc(C#N)cc1. The number of rotatable bonds is 5. The number of alkyl halides is 3. The Hall–Kier alpha value is -2.46. The molecular weight excluding hydrogens is 361 g/mol. The van der Waals surface area contributed by atoms with Crippen molar-refractivity contribution in [3.8, 4) is 6.07 Å². The van der Waals surface area contributed by atoms with Crippen molar-refractivity contribution in [2.75, 3.05) is 6.54 Å². The Morgan fingerprint density at radius 2 is 1.73 bits per heavy atom. The summed E-state index contributed by atoms with van der Waals surface area (Å²) in [6.45, 7) is 4.15. The molecule has 2 aromatic carbocycles. The van der Waals surface area contributed by atoms with E-state index < -0.39 is 5.51 Å². The van der Waals surface area contributed by atoms with E-state index in [4.69, 9.17) is 5.26 Å². The zero-order valence-corrected chi connectivity index (χ0v) is 15.1. The molecule has 0 aromatic heterocycles. The van der Waals surface area contributed by atoms with Crippen LogP contribution in [-0.4, -0.2) is 22.9 Å². The summed E-state index contributed by atoms with van der Waals surface area (Å²) in [5.41, 5.74) is -2.61. The van der Waals surface area contributed by atoms with Crippen LogP contribution in [0.5, 0.6) is 0 Å². The van der Waals surface area contributed by atoms with Gasteiger partial charge < -0.3 is 4.90 Å². The van der Waals surface area contributed by atoms with Gasteiger partial charge in [0, 0.05) is 17.0 Å². The van der Waals surface area contributed by atoms with Gasteiger partial charge in [0.05, 0.1) is 17.7 Å². The predicted octanol–water partition coefficient (Wildman–Crippen LogP) is 5.39. The molecule has 2 rings (SSSR count). The Kier molecular flexibility index (Phi) is 6.32. The number of carbonyl (C=O) groups is 1. The lowest BCUT2D eigenvalue weighted by atomic mass is 10.0. The summed E-state index contributed by atoms with van der Waals surface area (Å²) in [5.74, 6) is -0.257. The molecule has 0 saturated heterocycles. The van der Waals surface area contributed by atoms with E-state index in [9.17, 15) is 18.0 Å². The summed E-state index contributed by atoms with van der Waals surface area (Å²) >= 11 is -0.209. The Bertz CT molecular complexity index is 796. The average Bonchev–Trinajstić information content (AvgIpc) is 2.61. The van der Waals surface area contributed by atoms with Crippen molar-refractivity contribution in [3.63, 3.8) is 0 Å². The van der Waals surface area contributed by atoms with Crippen molar-refractivity contribution >= 4 is 17.7 Å². The number of hydrogen-bond acceptors (Lipinski definition) is 3. The molecule has 0 aliphatic carbocycles. The van der Waals surface area contributed by atoms with E-state index in [1.165, 1.54) is 24.3 Å². The van der Waals surface area contributed by atoms with Gasteiger partial charge in [-0.25, -0.2) is 0 Å². The topological polar surface area (TPSA) is 44.1 Å². The summed E-state index contributed by atoms with van der Waals surface area (Å²) in [5, 5.41) is 8.87. The zero-order chi connectivity index (χ0) is 19.3. The first-order valence-corrected chi connectivity index (χ1v) is 8.73. The molecule has 1 unspecified atom stereocenters. The van der Waals surface area contributed by atoms with Gasteiger partial charge >= 0.3 is 5.51 Å². The fourth-order valence-corrected chi connectivity index (χ4v) is 3.11. The lowest BCUT2D eigenvalue weighted by Crippen LogP contribution is -2.33. The van der Waals surface area contributed by atoms with E-state index in [1.807, 2.05) is 19.9 Å². The molecular formula is C19H17F3N2OS. The molecule has 7 heteroatoms. The van der Waals surface area contributed by atoms with Gasteiger partial charge in [-0.3, -0.25) is 4.79 Å². The van der Waals surface area contributed by atoms with Gasteiger partial charge in [0.1, 0.15) is 0 Å². The van der Waals surface area contributed by atoms with Crippen LogP contribution in [0.1, 0.15) is 41.4 Å². The van der Waals surface area contributed by atoms with Gasteiger partial charge in [-0.05, 0) is 67.6 Å². The summed E-state index contributed by atoms with van der Waals surface area (Å²) < 4.78 is 37.2. The average molecular weight is 378 g/mol. The van der Waals surface area contributed by atoms with Crippen molar-refractivity contribution in [3.05, 3.63) is 65.2 Å². The molecule has 0 radical (unpaired) electrons. The summed E-state index contributed by atoms with van der Waals surface area (Å²) in [6, 6.07) is 14.2. The number of carbonyl (C=O) groups excluding carboxylic acids is 1. The maximum absolute atomic E-state index is 12.8. The van der Waals surface area contributed by atoms with E-state index in [-0.39, 0.29) is 28.6 Å². The molecule has 0 N–H and O–H groups in total. The smallest absolute Gasteiger partial charge is 0.332 e. The van der Waals surface area contributed by atoms with Gasteiger partial charge in [0.25, 0.3) is 5.91 Å². The Morgan fingerprint density at radius 3 is 2.19 bits per heavy atom. The quantitative estimate of drug-likeness (QED) is 0.655. The van der Waals surface area contributed by atoms with Crippen molar-refractivity contribution < 1.29 is 18.0 Å². The minimum absolute atomic E-state index is 0.0391. The first kappa shape index (κ1) is 19.9. The largest absolute Gasteiger partial charge is 0.446 e. The third-order valence-corrected chi connectivity index (χ3v) is 4.67. The third kappa shape index (κ3) is 5.02. The van der Waals surface area contributed by atoms with Gasteiger partial charge in [-0.1, -0.05) is 12.1 Å². The highest BCUT2D eigenvalue weighted by atomic mass is 32.2. The second kappa shape index (κ2) is 8.28. The molecule has 2 aromatic rings. The molecule has 0 fully saturated rings. The van der Waals surface area contributed by atoms with E-state index in [1.54, 1.807) is 29.2 Å². The molecule has 26 heavy (non-hydrogen) atoms. The number of thioether (sulfide) groups is 1. The van der Waals surface area contributed by atoms with Crippen LogP contribution in [0.15, 0.2) is 53.4 Å². The third-order valence-electron chi connectivity index (χ3n) is 3.93. The van der Waals surface area contributed by atoms with Crippen LogP contribution in [-0.2, 0) is 0 Å². The number of benzene rings is 2. The summed E-state index contributed by atoms with van der Waals surface area (Å²) in [7, 11) is 0. The van der Waals surface area contributed by atoms with Crippen LogP contribution in [0.3, 0.4) is 0 Å². The van der Waals surface area contributed by atoms with Gasteiger partial charge in [-0.15, -0.1) is 0 Å².